The summed E-state index contributed by atoms with van der Waals surface area (Å²) in [6, 6.07) is 5.51. The van der Waals surface area contributed by atoms with Gasteiger partial charge in [-0.05, 0) is 54.9 Å². The molecule has 0 aromatic heterocycles. The summed E-state index contributed by atoms with van der Waals surface area (Å²) in [7, 11) is 0. The molecular formula is C13H17NO3. The molecule has 1 unspecified atom stereocenters. The van der Waals surface area contributed by atoms with Crippen LogP contribution in [-0.4, -0.2) is 16.6 Å². The van der Waals surface area contributed by atoms with Gasteiger partial charge in [0.15, 0.2) is 0 Å². The normalized spacial score (nSPS) is 18.7. The molecule has 0 heterocycles. The molecule has 17 heavy (non-hydrogen) atoms. The van der Waals surface area contributed by atoms with Crippen molar-refractivity contribution in [1.29, 1.82) is 0 Å². The number of hydrogen-bond acceptors (Lipinski definition) is 3. The Morgan fingerprint density at radius 1 is 1.47 bits per heavy atom. The van der Waals surface area contributed by atoms with E-state index in [4.69, 9.17) is 0 Å². The molecule has 4 heteroatoms. The zero-order chi connectivity index (χ0) is 12.3. The fraction of sp³-hybridized carbons (Fsp3) is 0.538. The van der Waals surface area contributed by atoms with E-state index in [1.165, 1.54) is 11.1 Å². The van der Waals surface area contributed by atoms with E-state index in [0.717, 1.165) is 25.7 Å². The number of aryl methyl sites for hydroxylation is 1. The number of nitrogens with zero attached hydrogens (tertiary/aromatic N) is 1. The van der Waals surface area contributed by atoms with Gasteiger partial charge in [0.25, 0.3) is 0 Å². The van der Waals surface area contributed by atoms with Crippen molar-refractivity contribution < 1.29 is 10.0 Å². The summed E-state index contributed by atoms with van der Waals surface area (Å²) in [5, 5.41) is 19.7. The van der Waals surface area contributed by atoms with Crippen LogP contribution in [0.4, 0.5) is 0 Å². The van der Waals surface area contributed by atoms with Gasteiger partial charge in [-0.15, -0.1) is 0 Å². The molecular weight excluding hydrogens is 218 g/mol. The monoisotopic (exact) mass is 235 g/mol. The molecule has 1 atom stereocenters. The molecule has 92 valence electrons. The highest BCUT2D eigenvalue weighted by atomic mass is 16.6. The molecule has 0 saturated carbocycles. The van der Waals surface area contributed by atoms with E-state index in [0.29, 0.717) is 18.1 Å². The molecule has 0 saturated heterocycles. The van der Waals surface area contributed by atoms with Gasteiger partial charge < -0.3 is 5.11 Å². The SMILES string of the molecule is O=[N+]([O-])CCCC1CCCc2cc(O)ccc21. The Bertz CT molecular complexity index is 417. The number of phenols is 1. The first-order valence-corrected chi connectivity index (χ1v) is 6.10. The fourth-order valence-corrected chi connectivity index (χ4v) is 2.67. The van der Waals surface area contributed by atoms with Crippen LogP contribution in [-0.2, 0) is 6.42 Å². The summed E-state index contributed by atoms with van der Waals surface area (Å²) >= 11 is 0. The van der Waals surface area contributed by atoms with E-state index in [2.05, 4.69) is 0 Å². The Labute approximate surface area is 100 Å². The lowest BCUT2D eigenvalue weighted by molar-refractivity contribution is -0.480. The first-order chi connectivity index (χ1) is 8.16. The van der Waals surface area contributed by atoms with Crippen molar-refractivity contribution >= 4 is 0 Å². The predicted octanol–water partition coefficient (Wildman–Crippen LogP) is 2.87. The van der Waals surface area contributed by atoms with E-state index in [-0.39, 0.29) is 11.5 Å². The smallest absolute Gasteiger partial charge is 0.203 e. The van der Waals surface area contributed by atoms with Crippen molar-refractivity contribution in [3.8, 4) is 5.75 Å². The van der Waals surface area contributed by atoms with Crippen molar-refractivity contribution in [2.45, 2.75) is 38.0 Å². The average Bonchev–Trinajstić information content (AvgIpc) is 2.28. The second-order valence-corrected chi connectivity index (χ2v) is 4.67. The van der Waals surface area contributed by atoms with Crippen LogP contribution in [0.2, 0.25) is 0 Å². The Morgan fingerprint density at radius 3 is 3.06 bits per heavy atom. The minimum Gasteiger partial charge on any atom is -0.508 e. The van der Waals surface area contributed by atoms with Gasteiger partial charge in [-0.25, -0.2) is 0 Å². The Hall–Kier alpha value is -1.58. The molecule has 4 nitrogen and oxygen atoms in total. The molecule has 1 N–H and O–H groups in total. The van der Waals surface area contributed by atoms with Gasteiger partial charge >= 0.3 is 0 Å². The molecule has 0 bridgehead atoms. The summed E-state index contributed by atoms with van der Waals surface area (Å²) in [5.41, 5.74) is 2.49. The van der Waals surface area contributed by atoms with Crippen molar-refractivity contribution in [1.82, 2.24) is 0 Å². The molecule has 0 spiro atoms. The first kappa shape index (κ1) is 11.9. The predicted molar refractivity (Wildman–Crippen MR) is 64.9 cm³/mol. The standard InChI is InChI=1S/C13H17NO3/c15-12-6-7-13-10(5-2-8-14(16)17)3-1-4-11(13)9-12/h6-7,9-10,15H,1-5,8H2. The van der Waals surface area contributed by atoms with Gasteiger partial charge in [-0.2, -0.15) is 0 Å². The lowest BCUT2D eigenvalue weighted by Crippen LogP contribution is -2.11. The molecule has 1 aliphatic carbocycles. The largest absolute Gasteiger partial charge is 0.508 e. The molecule has 1 aliphatic rings. The molecule has 0 amide bonds. The molecule has 0 radical (unpaired) electrons. The second-order valence-electron chi connectivity index (χ2n) is 4.67. The molecule has 0 aliphatic heterocycles. The van der Waals surface area contributed by atoms with E-state index >= 15 is 0 Å². The maximum absolute atomic E-state index is 10.3. The van der Waals surface area contributed by atoms with E-state index in [9.17, 15) is 15.2 Å². The third-order valence-corrected chi connectivity index (χ3v) is 3.46. The number of aromatic hydroxyl groups is 1. The Balaban J connectivity index is 2.04. The first-order valence-electron chi connectivity index (χ1n) is 6.10. The summed E-state index contributed by atoms with van der Waals surface area (Å²) in [6.07, 6.45) is 4.74. The third-order valence-electron chi connectivity index (χ3n) is 3.46. The number of nitro groups is 1. The summed E-state index contributed by atoms with van der Waals surface area (Å²) in [6.45, 7) is 0.0594. The zero-order valence-corrected chi connectivity index (χ0v) is 9.76. The van der Waals surface area contributed by atoms with Gasteiger partial charge in [0.05, 0.1) is 0 Å². The Morgan fingerprint density at radius 2 is 2.29 bits per heavy atom. The number of benzene rings is 1. The van der Waals surface area contributed by atoms with Gasteiger partial charge in [-0.3, -0.25) is 10.1 Å². The Kier molecular flexibility index (Phi) is 3.61. The van der Waals surface area contributed by atoms with E-state index in [1.54, 1.807) is 6.07 Å². The maximum Gasteiger partial charge on any atom is 0.203 e. The minimum atomic E-state index is -0.249. The van der Waals surface area contributed by atoms with Crippen LogP contribution in [0.15, 0.2) is 18.2 Å². The summed E-state index contributed by atoms with van der Waals surface area (Å²) < 4.78 is 0. The molecule has 1 aromatic carbocycles. The third kappa shape index (κ3) is 2.96. The highest BCUT2D eigenvalue weighted by molar-refractivity contribution is 5.38. The van der Waals surface area contributed by atoms with Crippen LogP contribution >= 0.6 is 0 Å². The van der Waals surface area contributed by atoms with E-state index < -0.39 is 0 Å². The number of phenolic OH excluding ortho intramolecular Hbond substituents is 1. The van der Waals surface area contributed by atoms with Gasteiger partial charge in [0.1, 0.15) is 5.75 Å². The topological polar surface area (TPSA) is 63.4 Å². The average molecular weight is 235 g/mol. The highest BCUT2D eigenvalue weighted by Gasteiger charge is 2.20. The van der Waals surface area contributed by atoms with Crippen LogP contribution in [0.3, 0.4) is 0 Å². The van der Waals surface area contributed by atoms with Crippen molar-refractivity contribution in [2.75, 3.05) is 6.54 Å². The van der Waals surface area contributed by atoms with Crippen LogP contribution in [0.25, 0.3) is 0 Å². The highest BCUT2D eigenvalue weighted by Crippen LogP contribution is 2.36. The summed E-state index contributed by atoms with van der Waals surface area (Å²) in [5.74, 6) is 0.744. The van der Waals surface area contributed by atoms with E-state index in [1.807, 2.05) is 12.1 Å². The number of hydrogen-bond donors (Lipinski definition) is 1. The number of rotatable bonds is 4. The molecule has 2 rings (SSSR count). The summed E-state index contributed by atoms with van der Waals surface area (Å²) in [4.78, 5) is 10.1. The molecule has 0 fully saturated rings. The van der Waals surface area contributed by atoms with Crippen molar-refractivity contribution in [2.24, 2.45) is 0 Å². The van der Waals surface area contributed by atoms with Crippen LogP contribution in [0, 0.1) is 10.1 Å². The van der Waals surface area contributed by atoms with Gasteiger partial charge in [0.2, 0.25) is 6.54 Å². The number of fused-ring (bicyclic) bond motifs is 1. The van der Waals surface area contributed by atoms with Gasteiger partial charge in [0, 0.05) is 11.3 Å². The van der Waals surface area contributed by atoms with Gasteiger partial charge in [-0.1, -0.05) is 6.07 Å². The quantitative estimate of drug-likeness (QED) is 0.644. The maximum atomic E-state index is 10.3. The van der Waals surface area contributed by atoms with Crippen LogP contribution < -0.4 is 0 Å². The van der Waals surface area contributed by atoms with Crippen LogP contribution in [0.5, 0.6) is 5.75 Å². The zero-order valence-electron chi connectivity index (χ0n) is 9.76. The lowest BCUT2D eigenvalue weighted by Gasteiger charge is -2.25. The van der Waals surface area contributed by atoms with Crippen molar-refractivity contribution in [3.63, 3.8) is 0 Å². The second kappa shape index (κ2) is 5.17. The van der Waals surface area contributed by atoms with Crippen LogP contribution in [0.1, 0.15) is 42.7 Å². The van der Waals surface area contributed by atoms with Crippen molar-refractivity contribution in [3.05, 3.63) is 39.4 Å². The molecule has 1 aromatic rings. The fourth-order valence-electron chi connectivity index (χ4n) is 2.67. The lowest BCUT2D eigenvalue weighted by atomic mass is 9.80. The minimum absolute atomic E-state index is 0.0594.